The number of nitrogens with one attached hydrogen (secondary N) is 1. The maximum Gasteiger partial charge on any atom is 0.289 e. The van der Waals surface area contributed by atoms with Crippen LogP contribution in [0.5, 0.6) is 0 Å². The summed E-state index contributed by atoms with van der Waals surface area (Å²) in [6.07, 6.45) is 0. The molecule has 0 radical (unpaired) electrons. The standard InChI is InChI=1S/C12H20N2O2/c1-8(2)7-13-11(15)9-6-10(14-16-9)12(3,4)5/h6,8H,7H2,1-5H3,(H,13,15). The largest absolute Gasteiger partial charge is 0.351 e. The lowest BCUT2D eigenvalue weighted by Gasteiger charge is -2.12. The molecule has 1 rings (SSSR count). The first-order valence-electron chi connectivity index (χ1n) is 5.56. The Morgan fingerprint density at radius 1 is 1.50 bits per heavy atom. The second kappa shape index (κ2) is 4.68. The molecule has 0 saturated carbocycles. The van der Waals surface area contributed by atoms with Crippen LogP contribution in [0.25, 0.3) is 0 Å². The molecular weight excluding hydrogens is 204 g/mol. The molecule has 0 unspecified atom stereocenters. The van der Waals surface area contributed by atoms with Gasteiger partial charge in [-0.25, -0.2) is 0 Å². The van der Waals surface area contributed by atoms with Crippen LogP contribution in [0, 0.1) is 5.92 Å². The summed E-state index contributed by atoms with van der Waals surface area (Å²) in [6, 6.07) is 1.70. The normalized spacial score (nSPS) is 11.9. The van der Waals surface area contributed by atoms with E-state index in [4.69, 9.17) is 4.52 Å². The average Bonchev–Trinajstić information content (AvgIpc) is 2.61. The van der Waals surface area contributed by atoms with E-state index in [2.05, 4.69) is 10.5 Å². The molecule has 90 valence electrons. The number of nitrogens with zero attached hydrogens (tertiary/aromatic N) is 1. The van der Waals surface area contributed by atoms with Crippen LogP contribution in [0.4, 0.5) is 0 Å². The molecule has 0 spiro atoms. The molecular formula is C12H20N2O2. The third-order valence-electron chi connectivity index (χ3n) is 2.17. The summed E-state index contributed by atoms with van der Waals surface area (Å²) in [7, 11) is 0. The van der Waals surface area contributed by atoms with Gasteiger partial charge in [-0.3, -0.25) is 4.79 Å². The van der Waals surface area contributed by atoms with Gasteiger partial charge in [0.05, 0.1) is 5.69 Å². The minimum absolute atomic E-state index is 0.0971. The molecule has 0 saturated heterocycles. The van der Waals surface area contributed by atoms with E-state index < -0.39 is 0 Å². The molecule has 0 fully saturated rings. The Hall–Kier alpha value is -1.32. The van der Waals surface area contributed by atoms with Gasteiger partial charge < -0.3 is 9.84 Å². The van der Waals surface area contributed by atoms with Crippen LogP contribution >= 0.6 is 0 Å². The Balaban J connectivity index is 2.67. The Kier molecular flexibility index (Phi) is 3.73. The van der Waals surface area contributed by atoms with Crippen LogP contribution in [0.1, 0.15) is 50.9 Å². The van der Waals surface area contributed by atoms with Gasteiger partial charge >= 0.3 is 0 Å². The van der Waals surface area contributed by atoms with E-state index in [1.165, 1.54) is 0 Å². The molecule has 4 nitrogen and oxygen atoms in total. The molecule has 0 bridgehead atoms. The van der Waals surface area contributed by atoms with Crippen LogP contribution in [0.2, 0.25) is 0 Å². The number of carbonyl (C=O) groups excluding carboxylic acids is 1. The maximum absolute atomic E-state index is 11.6. The van der Waals surface area contributed by atoms with Gasteiger partial charge in [-0.2, -0.15) is 0 Å². The van der Waals surface area contributed by atoms with Crippen molar-refractivity contribution in [3.8, 4) is 0 Å². The Morgan fingerprint density at radius 3 is 2.56 bits per heavy atom. The van der Waals surface area contributed by atoms with Crippen molar-refractivity contribution in [2.24, 2.45) is 5.92 Å². The fraction of sp³-hybridized carbons (Fsp3) is 0.667. The molecule has 1 aromatic rings. The van der Waals surface area contributed by atoms with Crippen LogP contribution in [0.15, 0.2) is 10.6 Å². The van der Waals surface area contributed by atoms with Crippen molar-refractivity contribution >= 4 is 5.91 Å². The minimum atomic E-state index is -0.197. The van der Waals surface area contributed by atoms with Gasteiger partial charge in [0, 0.05) is 18.0 Å². The Labute approximate surface area is 96.4 Å². The highest BCUT2D eigenvalue weighted by atomic mass is 16.5. The van der Waals surface area contributed by atoms with E-state index in [1.54, 1.807) is 6.07 Å². The first-order chi connectivity index (χ1) is 7.30. The molecule has 1 amide bonds. The fourth-order valence-electron chi connectivity index (χ4n) is 1.12. The van der Waals surface area contributed by atoms with E-state index in [1.807, 2.05) is 34.6 Å². The van der Waals surface area contributed by atoms with Gasteiger partial charge in [0.1, 0.15) is 0 Å². The van der Waals surface area contributed by atoms with Gasteiger partial charge in [0.15, 0.2) is 0 Å². The molecule has 0 aliphatic rings. The van der Waals surface area contributed by atoms with E-state index in [9.17, 15) is 4.79 Å². The van der Waals surface area contributed by atoms with Crippen molar-refractivity contribution in [2.45, 2.75) is 40.0 Å². The minimum Gasteiger partial charge on any atom is -0.351 e. The van der Waals surface area contributed by atoms with Gasteiger partial charge in [0.2, 0.25) is 5.76 Å². The lowest BCUT2D eigenvalue weighted by atomic mass is 9.92. The summed E-state index contributed by atoms with van der Waals surface area (Å²) >= 11 is 0. The number of hydrogen-bond acceptors (Lipinski definition) is 3. The highest BCUT2D eigenvalue weighted by Crippen LogP contribution is 2.21. The van der Waals surface area contributed by atoms with E-state index >= 15 is 0 Å². The molecule has 1 heterocycles. The van der Waals surface area contributed by atoms with Crippen molar-refractivity contribution in [2.75, 3.05) is 6.54 Å². The summed E-state index contributed by atoms with van der Waals surface area (Å²) in [6.45, 7) is 10.8. The first-order valence-corrected chi connectivity index (χ1v) is 5.56. The highest BCUT2D eigenvalue weighted by molar-refractivity contribution is 5.91. The monoisotopic (exact) mass is 224 g/mol. The first kappa shape index (κ1) is 12.7. The maximum atomic E-state index is 11.6. The van der Waals surface area contributed by atoms with E-state index in [-0.39, 0.29) is 17.1 Å². The zero-order valence-electron chi connectivity index (χ0n) is 10.6. The SMILES string of the molecule is CC(C)CNC(=O)c1cc(C(C)(C)C)no1. The molecule has 1 N–H and O–H groups in total. The van der Waals surface area contributed by atoms with Gasteiger partial charge in [-0.1, -0.05) is 39.8 Å². The number of carbonyl (C=O) groups is 1. The molecule has 0 aliphatic heterocycles. The number of aromatic nitrogens is 1. The summed E-state index contributed by atoms with van der Waals surface area (Å²) in [4.78, 5) is 11.6. The van der Waals surface area contributed by atoms with Crippen molar-refractivity contribution < 1.29 is 9.32 Å². The van der Waals surface area contributed by atoms with Gasteiger partial charge in [-0.15, -0.1) is 0 Å². The smallest absolute Gasteiger partial charge is 0.289 e. The van der Waals surface area contributed by atoms with Gasteiger partial charge in [0.25, 0.3) is 5.91 Å². The van der Waals surface area contributed by atoms with Crippen molar-refractivity contribution in [3.63, 3.8) is 0 Å². The lowest BCUT2D eigenvalue weighted by Crippen LogP contribution is -2.26. The highest BCUT2D eigenvalue weighted by Gasteiger charge is 2.21. The number of amides is 1. The van der Waals surface area contributed by atoms with E-state index in [0.717, 1.165) is 5.69 Å². The molecule has 0 atom stereocenters. The summed E-state index contributed by atoms with van der Waals surface area (Å²) < 4.78 is 5.02. The van der Waals surface area contributed by atoms with Crippen LogP contribution < -0.4 is 5.32 Å². The van der Waals surface area contributed by atoms with Crippen molar-refractivity contribution in [1.29, 1.82) is 0 Å². The molecule has 0 aromatic carbocycles. The van der Waals surface area contributed by atoms with Crippen LogP contribution in [-0.2, 0) is 5.41 Å². The van der Waals surface area contributed by atoms with Crippen LogP contribution in [-0.4, -0.2) is 17.6 Å². The van der Waals surface area contributed by atoms with Gasteiger partial charge in [-0.05, 0) is 5.92 Å². The van der Waals surface area contributed by atoms with Crippen LogP contribution in [0.3, 0.4) is 0 Å². The summed E-state index contributed by atoms with van der Waals surface area (Å²) in [5.74, 6) is 0.510. The Bertz CT molecular complexity index is 361. The quantitative estimate of drug-likeness (QED) is 0.857. The Morgan fingerprint density at radius 2 is 2.12 bits per heavy atom. The molecule has 0 aliphatic carbocycles. The fourth-order valence-corrected chi connectivity index (χ4v) is 1.12. The third kappa shape index (κ3) is 3.36. The molecule has 16 heavy (non-hydrogen) atoms. The predicted octanol–water partition coefficient (Wildman–Crippen LogP) is 2.36. The second-order valence-electron chi connectivity index (χ2n) is 5.43. The number of rotatable bonds is 3. The second-order valence-corrected chi connectivity index (χ2v) is 5.43. The van der Waals surface area contributed by atoms with Crippen molar-refractivity contribution in [3.05, 3.63) is 17.5 Å². The zero-order valence-corrected chi connectivity index (χ0v) is 10.6. The third-order valence-corrected chi connectivity index (χ3v) is 2.17. The lowest BCUT2D eigenvalue weighted by molar-refractivity contribution is 0.0912. The predicted molar refractivity (Wildman–Crippen MR) is 62.4 cm³/mol. The topological polar surface area (TPSA) is 55.1 Å². The summed E-state index contributed by atoms with van der Waals surface area (Å²) in [5, 5.41) is 6.69. The van der Waals surface area contributed by atoms with Crippen molar-refractivity contribution in [1.82, 2.24) is 10.5 Å². The molecule has 1 aromatic heterocycles. The average molecular weight is 224 g/mol. The zero-order chi connectivity index (χ0) is 12.3. The molecule has 4 heteroatoms. The summed E-state index contributed by atoms with van der Waals surface area (Å²) in [5.41, 5.74) is 0.697. The van der Waals surface area contributed by atoms with E-state index in [0.29, 0.717) is 12.5 Å². The number of hydrogen-bond donors (Lipinski definition) is 1.